The highest BCUT2D eigenvalue weighted by Crippen LogP contribution is 2.08. The lowest BCUT2D eigenvalue weighted by molar-refractivity contribution is -0.129. The van der Waals surface area contributed by atoms with Gasteiger partial charge in [-0.3, -0.25) is 9.69 Å². The van der Waals surface area contributed by atoms with E-state index in [0.717, 1.165) is 0 Å². The fourth-order valence-electron chi connectivity index (χ4n) is 1.66. The van der Waals surface area contributed by atoms with Gasteiger partial charge in [0.25, 0.3) is 0 Å². The summed E-state index contributed by atoms with van der Waals surface area (Å²) in [6, 6.07) is -0.244. The second-order valence-electron chi connectivity index (χ2n) is 3.77. The topological polar surface area (TPSA) is 61.8 Å². The van der Waals surface area contributed by atoms with E-state index < -0.39 is 0 Å². The zero-order valence-corrected chi connectivity index (χ0v) is 9.48. The summed E-state index contributed by atoms with van der Waals surface area (Å²) in [5.41, 5.74) is 0. The van der Waals surface area contributed by atoms with Gasteiger partial charge in [0.2, 0.25) is 5.91 Å². The molecule has 1 aliphatic rings. The number of nitrogens with zero attached hydrogens (tertiary/aromatic N) is 1. The summed E-state index contributed by atoms with van der Waals surface area (Å²) in [4.78, 5) is 13.6. The van der Waals surface area contributed by atoms with Crippen molar-refractivity contribution in [3.05, 3.63) is 0 Å². The summed E-state index contributed by atoms with van der Waals surface area (Å²) in [5.74, 6) is 2.27. The van der Waals surface area contributed by atoms with E-state index in [1.54, 1.807) is 0 Å². The fraction of sp³-hybridized carbons (Fsp3) is 0.727. The van der Waals surface area contributed by atoms with Crippen LogP contribution < -0.4 is 5.32 Å². The Morgan fingerprint density at radius 2 is 2.56 bits per heavy atom. The lowest BCUT2D eigenvalue weighted by atomic mass is 10.2. The molecule has 5 heteroatoms. The third-order valence-corrected chi connectivity index (χ3v) is 2.67. The van der Waals surface area contributed by atoms with Crippen molar-refractivity contribution in [3.63, 3.8) is 0 Å². The van der Waals surface area contributed by atoms with Gasteiger partial charge in [-0.25, -0.2) is 0 Å². The second-order valence-corrected chi connectivity index (χ2v) is 3.77. The van der Waals surface area contributed by atoms with Crippen LogP contribution in [0.15, 0.2) is 0 Å². The van der Waals surface area contributed by atoms with Gasteiger partial charge in [0.1, 0.15) is 0 Å². The minimum absolute atomic E-state index is 0.0187. The van der Waals surface area contributed by atoms with Crippen molar-refractivity contribution in [3.8, 4) is 12.3 Å². The van der Waals surface area contributed by atoms with Crippen molar-refractivity contribution in [1.29, 1.82) is 0 Å². The van der Waals surface area contributed by atoms with Crippen LogP contribution >= 0.6 is 0 Å². The Kier molecular flexibility index (Phi) is 5.26. The predicted octanol–water partition coefficient (Wildman–Crippen LogP) is -1.18. The maximum atomic E-state index is 11.6. The first-order chi connectivity index (χ1) is 7.69. The lowest BCUT2D eigenvalue weighted by Gasteiger charge is -2.35. The van der Waals surface area contributed by atoms with E-state index in [4.69, 9.17) is 16.3 Å². The SMILES string of the molecule is C#CCNC(=O)C(C)N1CCOC(CO)C1. The van der Waals surface area contributed by atoms with E-state index in [1.807, 2.05) is 11.8 Å². The minimum atomic E-state index is -0.244. The van der Waals surface area contributed by atoms with Crippen LogP contribution in [0.1, 0.15) is 6.92 Å². The first-order valence-electron chi connectivity index (χ1n) is 5.36. The van der Waals surface area contributed by atoms with Crippen molar-refractivity contribution < 1.29 is 14.6 Å². The molecule has 0 bridgehead atoms. The Balaban J connectivity index is 2.43. The molecule has 1 aliphatic heterocycles. The van der Waals surface area contributed by atoms with Gasteiger partial charge in [0.15, 0.2) is 0 Å². The fourth-order valence-corrected chi connectivity index (χ4v) is 1.66. The molecule has 0 saturated carbocycles. The molecule has 0 aromatic carbocycles. The maximum Gasteiger partial charge on any atom is 0.237 e. The van der Waals surface area contributed by atoms with Gasteiger partial charge in [-0.1, -0.05) is 5.92 Å². The molecule has 16 heavy (non-hydrogen) atoms. The van der Waals surface area contributed by atoms with E-state index in [2.05, 4.69) is 11.2 Å². The Bertz CT molecular complexity index is 275. The summed E-state index contributed by atoms with van der Waals surface area (Å²) < 4.78 is 5.31. The predicted molar refractivity (Wildman–Crippen MR) is 59.7 cm³/mol. The van der Waals surface area contributed by atoms with Gasteiger partial charge in [-0.2, -0.15) is 0 Å². The number of hydrogen-bond acceptors (Lipinski definition) is 4. The zero-order chi connectivity index (χ0) is 12.0. The van der Waals surface area contributed by atoms with Gasteiger partial charge in [0, 0.05) is 13.1 Å². The van der Waals surface area contributed by atoms with Crippen LogP contribution in [0.5, 0.6) is 0 Å². The van der Waals surface area contributed by atoms with E-state index in [9.17, 15) is 4.79 Å². The normalized spacial score (nSPS) is 23.4. The molecule has 1 fully saturated rings. The molecule has 1 rings (SSSR count). The molecule has 0 aromatic heterocycles. The molecular formula is C11H18N2O3. The highest BCUT2D eigenvalue weighted by atomic mass is 16.5. The number of aliphatic hydroxyl groups is 1. The molecule has 90 valence electrons. The molecular weight excluding hydrogens is 208 g/mol. The monoisotopic (exact) mass is 226 g/mol. The second kappa shape index (κ2) is 6.48. The Labute approximate surface area is 95.8 Å². The van der Waals surface area contributed by atoms with Gasteiger partial charge in [-0.05, 0) is 6.92 Å². The van der Waals surface area contributed by atoms with Crippen molar-refractivity contribution in [1.82, 2.24) is 10.2 Å². The van der Waals surface area contributed by atoms with E-state index in [0.29, 0.717) is 19.7 Å². The average molecular weight is 226 g/mol. The van der Waals surface area contributed by atoms with Crippen LogP contribution in [0.3, 0.4) is 0 Å². The van der Waals surface area contributed by atoms with Crippen molar-refractivity contribution in [2.24, 2.45) is 0 Å². The molecule has 0 aliphatic carbocycles. The van der Waals surface area contributed by atoms with E-state index >= 15 is 0 Å². The van der Waals surface area contributed by atoms with E-state index in [1.165, 1.54) is 0 Å². The molecule has 1 heterocycles. The minimum Gasteiger partial charge on any atom is -0.394 e. The van der Waals surface area contributed by atoms with Crippen molar-refractivity contribution in [2.75, 3.05) is 32.8 Å². The highest BCUT2D eigenvalue weighted by molar-refractivity contribution is 5.81. The van der Waals surface area contributed by atoms with Crippen molar-refractivity contribution in [2.45, 2.75) is 19.1 Å². The Hall–Kier alpha value is -1.09. The van der Waals surface area contributed by atoms with E-state index in [-0.39, 0.29) is 31.2 Å². The first-order valence-corrected chi connectivity index (χ1v) is 5.36. The smallest absolute Gasteiger partial charge is 0.237 e. The van der Waals surface area contributed by atoms with Crippen LogP contribution in [-0.4, -0.2) is 60.9 Å². The number of morpholine rings is 1. The highest BCUT2D eigenvalue weighted by Gasteiger charge is 2.27. The molecule has 1 saturated heterocycles. The molecule has 2 atom stereocenters. The van der Waals surface area contributed by atoms with Crippen LogP contribution in [-0.2, 0) is 9.53 Å². The largest absolute Gasteiger partial charge is 0.394 e. The maximum absolute atomic E-state index is 11.6. The summed E-state index contributed by atoms with van der Waals surface area (Å²) in [6.07, 6.45) is 4.87. The number of carbonyl (C=O) groups is 1. The summed E-state index contributed by atoms with van der Waals surface area (Å²) >= 11 is 0. The van der Waals surface area contributed by atoms with Crippen molar-refractivity contribution >= 4 is 5.91 Å². The summed E-state index contributed by atoms with van der Waals surface area (Å²) in [5, 5.41) is 11.6. The molecule has 5 nitrogen and oxygen atoms in total. The van der Waals surface area contributed by atoms with Crippen LogP contribution in [0.2, 0.25) is 0 Å². The number of hydrogen-bond donors (Lipinski definition) is 2. The molecule has 2 N–H and O–H groups in total. The quantitative estimate of drug-likeness (QED) is 0.592. The number of carbonyl (C=O) groups excluding carboxylic acids is 1. The van der Waals surface area contributed by atoms with Gasteiger partial charge < -0.3 is 15.2 Å². The number of ether oxygens (including phenoxy) is 1. The lowest BCUT2D eigenvalue weighted by Crippen LogP contribution is -2.53. The number of rotatable bonds is 4. The number of amides is 1. The molecule has 0 aromatic rings. The van der Waals surface area contributed by atoms with Crippen LogP contribution in [0, 0.1) is 12.3 Å². The third-order valence-electron chi connectivity index (χ3n) is 2.67. The summed E-state index contributed by atoms with van der Waals surface area (Å²) in [6.45, 7) is 3.86. The standard InChI is InChI=1S/C11H18N2O3/c1-3-4-12-11(15)9(2)13-5-6-16-10(7-13)8-14/h1,9-10,14H,4-8H2,2H3,(H,12,15). The van der Waals surface area contributed by atoms with Crippen LogP contribution in [0.25, 0.3) is 0 Å². The molecule has 0 spiro atoms. The average Bonchev–Trinajstić information content (AvgIpc) is 2.35. The molecule has 1 amide bonds. The first kappa shape index (κ1) is 13.0. The number of nitrogens with one attached hydrogen (secondary N) is 1. The number of aliphatic hydroxyl groups excluding tert-OH is 1. The van der Waals surface area contributed by atoms with Gasteiger partial charge in [-0.15, -0.1) is 6.42 Å². The Morgan fingerprint density at radius 3 is 3.19 bits per heavy atom. The van der Waals surface area contributed by atoms with Gasteiger partial charge in [0.05, 0.1) is 31.9 Å². The summed E-state index contributed by atoms with van der Waals surface area (Å²) in [7, 11) is 0. The van der Waals surface area contributed by atoms with Gasteiger partial charge >= 0.3 is 0 Å². The molecule has 2 unspecified atom stereocenters. The third kappa shape index (κ3) is 3.49. The molecule has 0 radical (unpaired) electrons. The zero-order valence-electron chi connectivity index (χ0n) is 9.48. The Morgan fingerprint density at radius 1 is 1.81 bits per heavy atom. The van der Waals surface area contributed by atoms with Crippen LogP contribution in [0.4, 0.5) is 0 Å². The number of terminal acetylenes is 1.